The number of carbonyl (C=O) groups excluding carboxylic acids is 1. The second kappa shape index (κ2) is 8.79. The van der Waals surface area contributed by atoms with Crippen LogP contribution >= 0.6 is 0 Å². The zero-order valence-electron chi connectivity index (χ0n) is 18.2. The molecule has 9 nitrogen and oxygen atoms in total. The summed E-state index contributed by atoms with van der Waals surface area (Å²) in [5.74, 6) is 0. The van der Waals surface area contributed by atoms with Gasteiger partial charge in [-0.05, 0) is 69.3 Å². The summed E-state index contributed by atoms with van der Waals surface area (Å²) in [6.07, 6.45) is -0.374. The second-order valence-electron chi connectivity index (χ2n) is 8.40. The lowest BCUT2D eigenvalue weighted by Crippen LogP contribution is -2.49. The number of hydrogen-bond acceptors (Lipinski definition) is 6. The molecule has 1 aliphatic rings. The van der Waals surface area contributed by atoms with Gasteiger partial charge in [0.1, 0.15) is 10.5 Å². The molecule has 0 atom stereocenters. The van der Waals surface area contributed by atoms with Crippen molar-refractivity contribution in [3.63, 3.8) is 0 Å². The molecule has 0 N–H and O–H groups in total. The first-order chi connectivity index (χ1) is 13.8. The molecule has 2 rings (SSSR count). The van der Waals surface area contributed by atoms with Gasteiger partial charge in [0.15, 0.2) is 0 Å². The predicted molar refractivity (Wildman–Crippen MR) is 111 cm³/mol. The summed E-state index contributed by atoms with van der Waals surface area (Å²) in [6.45, 7) is 12.5. The lowest BCUT2D eigenvalue weighted by atomic mass is 9.96. The van der Waals surface area contributed by atoms with E-state index in [-0.39, 0.29) is 17.3 Å². The zero-order valence-corrected chi connectivity index (χ0v) is 19.0. The molecule has 166 valence electrons. The van der Waals surface area contributed by atoms with E-state index in [1.165, 1.54) is 6.92 Å². The Hall–Kier alpha value is -2.36. The van der Waals surface area contributed by atoms with Crippen molar-refractivity contribution in [3.8, 4) is 0 Å². The van der Waals surface area contributed by atoms with E-state index in [9.17, 15) is 17.1 Å². The number of amides is 1. The molecule has 1 saturated heterocycles. The van der Waals surface area contributed by atoms with Gasteiger partial charge in [-0.25, -0.2) is 4.79 Å². The first-order valence-corrected chi connectivity index (χ1v) is 11.0. The van der Waals surface area contributed by atoms with E-state index in [0.717, 1.165) is 0 Å². The Labute approximate surface area is 176 Å². The first kappa shape index (κ1) is 23.9. The van der Waals surface area contributed by atoms with E-state index in [1.807, 2.05) is 25.7 Å². The maximum absolute atomic E-state index is 14.0. The SMILES string of the molecule is Cc1c(CN2CCN(C(=O)OC(C)(C)C)CC2)c(C)c(S(=O)(=O)F)c(C)c1N=[N+]=[N-]. The first-order valence-electron chi connectivity index (χ1n) is 9.59. The van der Waals surface area contributed by atoms with Crippen LogP contribution in [0.5, 0.6) is 0 Å². The number of piperazine rings is 1. The number of carbonyl (C=O) groups is 1. The van der Waals surface area contributed by atoms with Gasteiger partial charge in [0.05, 0.1) is 0 Å². The lowest BCUT2D eigenvalue weighted by Gasteiger charge is -2.36. The molecular formula is C19H28FN5O4S. The summed E-state index contributed by atoms with van der Waals surface area (Å²) >= 11 is 0. The zero-order chi connectivity index (χ0) is 22.9. The maximum atomic E-state index is 14.0. The monoisotopic (exact) mass is 441 g/mol. The lowest BCUT2D eigenvalue weighted by molar-refractivity contribution is 0.0138. The number of ether oxygens (including phenoxy) is 1. The van der Waals surface area contributed by atoms with E-state index >= 15 is 0 Å². The maximum Gasteiger partial charge on any atom is 0.410 e. The average molecular weight is 442 g/mol. The molecule has 0 aromatic heterocycles. The van der Waals surface area contributed by atoms with E-state index in [1.54, 1.807) is 18.7 Å². The highest BCUT2D eigenvalue weighted by atomic mass is 32.3. The van der Waals surface area contributed by atoms with E-state index in [0.29, 0.717) is 49.4 Å². The van der Waals surface area contributed by atoms with Crippen LogP contribution in [0.2, 0.25) is 0 Å². The van der Waals surface area contributed by atoms with Crippen LogP contribution in [0.3, 0.4) is 0 Å². The summed E-state index contributed by atoms with van der Waals surface area (Å²) in [7, 11) is -4.99. The number of azide groups is 1. The number of halogens is 1. The number of nitrogens with zero attached hydrogens (tertiary/aromatic N) is 5. The number of rotatable bonds is 4. The third-order valence-electron chi connectivity index (χ3n) is 5.09. The van der Waals surface area contributed by atoms with Gasteiger partial charge in [-0.3, -0.25) is 4.90 Å². The van der Waals surface area contributed by atoms with Crippen molar-refractivity contribution in [2.45, 2.75) is 58.6 Å². The molecule has 11 heteroatoms. The van der Waals surface area contributed by atoms with Crippen LogP contribution in [-0.4, -0.2) is 56.1 Å². The highest BCUT2D eigenvalue weighted by Crippen LogP contribution is 2.37. The Bertz CT molecular complexity index is 989. The molecule has 0 saturated carbocycles. The molecule has 30 heavy (non-hydrogen) atoms. The van der Waals surface area contributed by atoms with Crippen LogP contribution in [0.25, 0.3) is 10.4 Å². The Morgan fingerprint density at radius 1 is 1.13 bits per heavy atom. The molecule has 1 aromatic rings. The van der Waals surface area contributed by atoms with Crippen LogP contribution in [0.1, 0.15) is 43.0 Å². The topological polar surface area (TPSA) is 116 Å². The standard InChI is InChI=1S/C19H28FN5O4S/c1-12-15(13(2)17(30(20,27)28)14(3)16(12)22-23-21)11-24-7-9-25(10-8-24)18(26)29-19(4,5)6/h7-11H2,1-6H3. The summed E-state index contributed by atoms with van der Waals surface area (Å²) in [5, 5.41) is 3.61. The molecule has 1 fully saturated rings. The molecule has 1 aliphatic heterocycles. The molecule has 1 amide bonds. The molecular weight excluding hydrogens is 413 g/mol. The third kappa shape index (κ3) is 5.41. The Morgan fingerprint density at radius 2 is 1.70 bits per heavy atom. The third-order valence-corrected chi connectivity index (χ3v) is 6.19. The molecule has 1 aromatic carbocycles. The van der Waals surface area contributed by atoms with Crippen LogP contribution in [0, 0.1) is 20.8 Å². The van der Waals surface area contributed by atoms with Crippen molar-refractivity contribution < 1.29 is 21.8 Å². The van der Waals surface area contributed by atoms with Crippen LogP contribution < -0.4 is 0 Å². The fourth-order valence-electron chi connectivity index (χ4n) is 3.67. The summed E-state index contributed by atoms with van der Waals surface area (Å²) < 4.78 is 42.9. The minimum absolute atomic E-state index is 0.101. The normalized spacial score (nSPS) is 15.6. The molecule has 1 heterocycles. The van der Waals surface area contributed by atoms with Gasteiger partial charge in [-0.2, -0.15) is 8.42 Å². The van der Waals surface area contributed by atoms with Crippen molar-refractivity contribution >= 4 is 22.0 Å². The molecule has 0 spiro atoms. The Kier molecular flexibility index (Phi) is 7.01. The van der Waals surface area contributed by atoms with E-state index < -0.39 is 20.7 Å². The van der Waals surface area contributed by atoms with Crippen LogP contribution in [-0.2, 0) is 21.5 Å². The highest BCUT2D eigenvalue weighted by Gasteiger charge is 2.29. The van der Waals surface area contributed by atoms with Gasteiger partial charge in [-0.15, -0.1) is 3.89 Å². The van der Waals surface area contributed by atoms with Gasteiger partial charge in [0, 0.05) is 43.3 Å². The summed E-state index contributed by atoms with van der Waals surface area (Å²) in [4.78, 5) is 18.2. The second-order valence-corrected chi connectivity index (χ2v) is 9.69. The van der Waals surface area contributed by atoms with Crippen molar-refractivity contribution in [1.82, 2.24) is 9.80 Å². The number of hydrogen-bond donors (Lipinski definition) is 0. The highest BCUT2D eigenvalue weighted by molar-refractivity contribution is 7.86. The minimum atomic E-state index is -4.99. The minimum Gasteiger partial charge on any atom is -0.444 e. The van der Waals surface area contributed by atoms with Crippen molar-refractivity contribution in [3.05, 3.63) is 32.7 Å². The van der Waals surface area contributed by atoms with Crippen LogP contribution in [0.15, 0.2) is 10.0 Å². The number of benzene rings is 1. The van der Waals surface area contributed by atoms with Gasteiger partial charge < -0.3 is 9.64 Å². The molecule has 0 radical (unpaired) electrons. The quantitative estimate of drug-likeness (QED) is 0.299. The van der Waals surface area contributed by atoms with Gasteiger partial charge in [0.25, 0.3) is 0 Å². The molecule has 0 aliphatic carbocycles. The smallest absolute Gasteiger partial charge is 0.410 e. The Balaban J connectivity index is 2.29. The molecule has 0 unspecified atom stereocenters. The van der Waals surface area contributed by atoms with E-state index in [2.05, 4.69) is 10.0 Å². The average Bonchev–Trinajstić information content (AvgIpc) is 2.60. The van der Waals surface area contributed by atoms with Gasteiger partial charge >= 0.3 is 16.3 Å². The van der Waals surface area contributed by atoms with Crippen molar-refractivity contribution in [1.29, 1.82) is 0 Å². The largest absolute Gasteiger partial charge is 0.444 e. The van der Waals surface area contributed by atoms with Gasteiger partial charge in [0.2, 0.25) is 0 Å². The van der Waals surface area contributed by atoms with Gasteiger partial charge in [-0.1, -0.05) is 5.11 Å². The fourth-order valence-corrected chi connectivity index (χ4v) is 4.62. The molecule has 0 bridgehead atoms. The van der Waals surface area contributed by atoms with Crippen molar-refractivity contribution in [2.75, 3.05) is 26.2 Å². The Morgan fingerprint density at radius 3 is 2.17 bits per heavy atom. The van der Waals surface area contributed by atoms with Crippen molar-refractivity contribution in [2.24, 2.45) is 5.11 Å². The van der Waals surface area contributed by atoms with Crippen LogP contribution in [0.4, 0.5) is 14.4 Å². The summed E-state index contributed by atoms with van der Waals surface area (Å²) in [6, 6.07) is 0. The fraction of sp³-hybridized carbons (Fsp3) is 0.632. The van der Waals surface area contributed by atoms with E-state index in [4.69, 9.17) is 10.3 Å². The summed E-state index contributed by atoms with van der Waals surface area (Å²) in [5.41, 5.74) is 10.0. The predicted octanol–water partition coefficient (Wildman–Crippen LogP) is 4.26.